The van der Waals surface area contributed by atoms with Crippen molar-refractivity contribution >= 4 is 34.4 Å². The molecule has 26 heavy (non-hydrogen) atoms. The molecule has 0 N–H and O–H groups in total. The van der Waals surface area contributed by atoms with Crippen LogP contribution in [0.4, 0.5) is 0 Å². The summed E-state index contributed by atoms with van der Waals surface area (Å²) >= 11 is 7.46. The molecule has 0 aliphatic carbocycles. The fourth-order valence-electron chi connectivity index (χ4n) is 2.70. The van der Waals surface area contributed by atoms with Gasteiger partial charge in [0.25, 0.3) is 5.56 Å². The molecule has 6 nitrogen and oxygen atoms in total. The number of hydrogen-bond acceptors (Lipinski definition) is 5. The smallest absolute Gasteiger partial charge is 0.332 e. The molecule has 3 aromatic rings. The summed E-state index contributed by atoms with van der Waals surface area (Å²) in [5.74, 6) is 0.652. The number of aryl methyl sites for hydroxylation is 1. The SMILES string of the molecule is COCc1cnc2c(c1SCc1ccc(Cl)cc1)c(=O)n(C)c(=O)n2C. The number of benzene rings is 1. The largest absolute Gasteiger partial charge is 0.380 e. The van der Waals surface area contributed by atoms with E-state index in [1.165, 1.54) is 23.4 Å². The lowest BCUT2D eigenvalue weighted by Crippen LogP contribution is -2.37. The van der Waals surface area contributed by atoms with Gasteiger partial charge in [-0.25, -0.2) is 9.78 Å². The number of pyridine rings is 1. The summed E-state index contributed by atoms with van der Waals surface area (Å²) in [6.07, 6.45) is 1.66. The molecular formula is C18H18ClN3O3S. The molecule has 1 aromatic carbocycles. The number of rotatable bonds is 5. The predicted octanol–water partition coefficient (Wildman–Crippen LogP) is 2.72. The molecule has 2 aromatic heterocycles. The van der Waals surface area contributed by atoms with Crippen LogP contribution in [0.25, 0.3) is 11.0 Å². The molecule has 0 radical (unpaired) electrons. The molecule has 0 atom stereocenters. The van der Waals surface area contributed by atoms with Gasteiger partial charge < -0.3 is 4.74 Å². The monoisotopic (exact) mass is 391 g/mol. The lowest BCUT2D eigenvalue weighted by molar-refractivity contribution is 0.183. The summed E-state index contributed by atoms with van der Waals surface area (Å²) in [4.78, 5) is 30.1. The molecule has 3 rings (SSSR count). The second kappa shape index (κ2) is 7.65. The highest BCUT2D eigenvalue weighted by Crippen LogP contribution is 2.31. The average molecular weight is 392 g/mol. The summed E-state index contributed by atoms with van der Waals surface area (Å²) in [7, 11) is 4.68. The first-order valence-electron chi connectivity index (χ1n) is 7.87. The number of aromatic nitrogens is 3. The maximum Gasteiger partial charge on any atom is 0.332 e. The minimum Gasteiger partial charge on any atom is -0.380 e. The van der Waals surface area contributed by atoms with Crippen molar-refractivity contribution in [3.8, 4) is 0 Å². The van der Waals surface area contributed by atoms with Gasteiger partial charge in [-0.2, -0.15) is 0 Å². The van der Waals surface area contributed by atoms with Gasteiger partial charge >= 0.3 is 5.69 Å². The fourth-order valence-corrected chi connectivity index (χ4v) is 3.95. The fraction of sp³-hybridized carbons (Fsp3) is 0.278. The van der Waals surface area contributed by atoms with Crippen LogP contribution in [0.2, 0.25) is 5.02 Å². The summed E-state index contributed by atoms with van der Waals surface area (Å²) < 4.78 is 7.75. The third kappa shape index (κ3) is 3.42. The van der Waals surface area contributed by atoms with Crippen LogP contribution in [-0.4, -0.2) is 21.2 Å². The average Bonchev–Trinajstić information content (AvgIpc) is 2.64. The highest BCUT2D eigenvalue weighted by atomic mass is 35.5. The highest BCUT2D eigenvalue weighted by Gasteiger charge is 2.17. The molecule has 2 heterocycles. The van der Waals surface area contributed by atoms with Gasteiger partial charge in [0.2, 0.25) is 0 Å². The van der Waals surface area contributed by atoms with Crippen molar-refractivity contribution in [3.05, 3.63) is 67.4 Å². The van der Waals surface area contributed by atoms with E-state index in [9.17, 15) is 9.59 Å². The van der Waals surface area contributed by atoms with E-state index in [1.54, 1.807) is 20.4 Å². The van der Waals surface area contributed by atoms with E-state index < -0.39 is 5.69 Å². The lowest BCUT2D eigenvalue weighted by Gasteiger charge is -2.14. The maximum atomic E-state index is 12.8. The minimum absolute atomic E-state index is 0.331. The van der Waals surface area contributed by atoms with E-state index in [-0.39, 0.29) is 5.56 Å². The second-order valence-corrected chi connectivity index (χ2v) is 7.29. The van der Waals surface area contributed by atoms with Crippen LogP contribution in [0.5, 0.6) is 0 Å². The normalized spacial score (nSPS) is 11.2. The summed E-state index contributed by atoms with van der Waals surface area (Å²) in [6.45, 7) is 0.331. The van der Waals surface area contributed by atoms with E-state index in [4.69, 9.17) is 16.3 Å². The first kappa shape index (κ1) is 18.7. The van der Waals surface area contributed by atoms with E-state index in [0.717, 1.165) is 20.6 Å². The van der Waals surface area contributed by atoms with Crippen molar-refractivity contribution < 1.29 is 4.74 Å². The Morgan fingerprint density at radius 3 is 2.50 bits per heavy atom. The van der Waals surface area contributed by atoms with Gasteiger partial charge in [-0.05, 0) is 17.7 Å². The highest BCUT2D eigenvalue weighted by molar-refractivity contribution is 7.98. The molecule has 0 aliphatic rings. The third-order valence-corrected chi connectivity index (χ3v) is 5.58. The minimum atomic E-state index is -0.400. The second-order valence-electron chi connectivity index (χ2n) is 5.87. The molecule has 0 fully saturated rings. The van der Waals surface area contributed by atoms with Crippen molar-refractivity contribution in [2.75, 3.05) is 7.11 Å². The number of thioether (sulfide) groups is 1. The zero-order chi connectivity index (χ0) is 18.8. The van der Waals surface area contributed by atoms with Crippen LogP contribution in [0.3, 0.4) is 0 Å². The Balaban J connectivity index is 2.16. The van der Waals surface area contributed by atoms with Gasteiger partial charge in [0, 0.05) is 48.6 Å². The van der Waals surface area contributed by atoms with Crippen LogP contribution >= 0.6 is 23.4 Å². The van der Waals surface area contributed by atoms with Gasteiger partial charge in [-0.15, -0.1) is 11.8 Å². The lowest BCUT2D eigenvalue weighted by atomic mass is 10.2. The zero-order valence-electron chi connectivity index (χ0n) is 14.7. The molecular weight excluding hydrogens is 374 g/mol. The van der Waals surface area contributed by atoms with Crippen molar-refractivity contribution in [3.63, 3.8) is 0 Å². The van der Waals surface area contributed by atoms with Crippen molar-refractivity contribution in [2.45, 2.75) is 17.3 Å². The number of halogens is 1. The molecule has 0 saturated carbocycles. The summed E-state index contributed by atoms with van der Waals surface area (Å²) in [5.41, 5.74) is 1.51. The topological polar surface area (TPSA) is 66.1 Å². The number of methoxy groups -OCH3 is 1. The Labute approximate surface area is 159 Å². The van der Waals surface area contributed by atoms with Crippen molar-refractivity contribution in [1.29, 1.82) is 0 Å². The Bertz CT molecular complexity index is 1070. The summed E-state index contributed by atoms with van der Waals surface area (Å²) in [6, 6.07) is 7.56. The first-order valence-corrected chi connectivity index (χ1v) is 9.24. The van der Waals surface area contributed by atoms with E-state index in [2.05, 4.69) is 4.98 Å². The molecule has 0 unspecified atom stereocenters. The van der Waals surface area contributed by atoms with Crippen LogP contribution < -0.4 is 11.2 Å². The molecule has 0 amide bonds. The van der Waals surface area contributed by atoms with Crippen LogP contribution in [-0.2, 0) is 31.2 Å². The predicted molar refractivity (Wildman–Crippen MR) is 104 cm³/mol. The third-order valence-electron chi connectivity index (χ3n) is 4.09. The number of nitrogens with zero attached hydrogens (tertiary/aromatic N) is 3. The van der Waals surface area contributed by atoms with Crippen molar-refractivity contribution in [2.24, 2.45) is 14.1 Å². The van der Waals surface area contributed by atoms with Gasteiger partial charge in [0.15, 0.2) is 0 Å². The summed E-state index contributed by atoms with van der Waals surface area (Å²) in [5, 5.41) is 1.11. The quantitative estimate of drug-likeness (QED) is 0.625. The van der Waals surface area contributed by atoms with Gasteiger partial charge in [0.05, 0.1) is 12.0 Å². The molecule has 0 bridgehead atoms. The zero-order valence-corrected chi connectivity index (χ0v) is 16.2. The van der Waals surface area contributed by atoms with Crippen molar-refractivity contribution in [1.82, 2.24) is 14.1 Å². The number of ether oxygens (including phenoxy) is 1. The van der Waals surface area contributed by atoms with Crippen LogP contribution in [0, 0.1) is 0 Å². The Morgan fingerprint density at radius 2 is 1.85 bits per heavy atom. The van der Waals surface area contributed by atoms with Gasteiger partial charge in [-0.3, -0.25) is 13.9 Å². The molecule has 136 valence electrons. The van der Waals surface area contributed by atoms with E-state index in [1.807, 2.05) is 24.3 Å². The number of hydrogen-bond donors (Lipinski definition) is 0. The Morgan fingerprint density at radius 1 is 1.15 bits per heavy atom. The van der Waals surface area contributed by atoms with Gasteiger partial charge in [-0.1, -0.05) is 23.7 Å². The van der Waals surface area contributed by atoms with E-state index >= 15 is 0 Å². The Kier molecular flexibility index (Phi) is 5.50. The maximum absolute atomic E-state index is 12.8. The van der Waals surface area contributed by atoms with Gasteiger partial charge in [0.1, 0.15) is 5.65 Å². The van der Waals surface area contributed by atoms with Crippen LogP contribution in [0.1, 0.15) is 11.1 Å². The Hall–Kier alpha value is -2.09. The van der Waals surface area contributed by atoms with E-state index in [0.29, 0.717) is 28.4 Å². The molecule has 0 spiro atoms. The first-order chi connectivity index (χ1) is 12.4. The molecule has 0 aliphatic heterocycles. The standard InChI is InChI=1S/C18H18ClN3O3S/c1-21-16-14(17(23)22(2)18(21)24)15(12(8-20-16)9-25-3)26-10-11-4-6-13(19)7-5-11/h4-8H,9-10H2,1-3H3. The molecule has 8 heteroatoms. The molecule has 0 saturated heterocycles. The number of fused-ring (bicyclic) bond motifs is 1. The van der Waals surface area contributed by atoms with Crippen LogP contribution in [0.15, 0.2) is 44.9 Å².